The average molecular weight is 264 g/mol. The minimum Gasteiger partial charge on any atom is -0.326 e. The Morgan fingerprint density at radius 2 is 2.20 bits per heavy atom. The van der Waals surface area contributed by atoms with Gasteiger partial charge in [0.15, 0.2) is 0 Å². The van der Waals surface area contributed by atoms with Crippen molar-refractivity contribution in [3.05, 3.63) is 21.3 Å². The van der Waals surface area contributed by atoms with E-state index in [0.29, 0.717) is 5.25 Å². The van der Waals surface area contributed by atoms with E-state index in [-0.39, 0.29) is 6.04 Å². The molecule has 0 radical (unpaired) electrons. The maximum Gasteiger partial charge on any atom is 0.0931 e. The molecule has 4 heteroatoms. The molecule has 2 atom stereocenters. The second-order valence-corrected chi connectivity index (χ2v) is 6.50. The van der Waals surface area contributed by atoms with Crippen molar-refractivity contribution in [2.24, 2.45) is 5.73 Å². The summed E-state index contributed by atoms with van der Waals surface area (Å²) in [6.45, 7) is 4.34. The molecule has 0 saturated heterocycles. The Balaban J connectivity index is 2.71. The highest BCUT2D eigenvalue weighted by Gasteiger charge is 2.20. The zero-order valence-electron chi connectivity index (χ0n) is 9.20. The van der Waals surface area contributed by atoms with Gasteiger partial charge in [0.25, 0.3) is 0 Å². The highest BCUT2D eigenvalue weighted by molar-refractivity contribution is 7.99. The molecule has 0 aliphatic heterocycles. The summed E-state index contributed by atoms with van der Waals surface area (Å²) in [7, 11) is 0. The van der Waals surface area contributed by atoms with E-state index in [9.17, 15) is 0 Å². The van der Waals surface area contributed by atoms with Gasteiger partial charge < -0.3 is 5.73 Å². The van der Waals surface area contributed by atoms with Crippen LogP contribution in [0.1, 0.15) is 36.8 Å². The van der Waals surface area contributed by atoms with Crippen molar-refractivity contribution >= 4 is 34.7 Å². The summed E-state index contributed by atoms with van der Waals surface area (Å²) >= 11 is 9.56. The van der Waals surface area contributed by atoms with Crippen molar-refractivity contribution in [3.63, 3.8) is 0 Å². The fraction of sp³-hybridized carbons (Fsp3) is 0.636. The molecule has 1 rings (SSSR count). The van der Waals surface area contributed by atoms with E-state index in [1.54, 1.807) is 11.3 Å². The Bertz CT molecular complexity index is 288. The smallest absolute Gasteiger partial charge is 0.0931 e. The number of nitrogens with two attached hydrogens (primary N) is 1. The van der Waals surface area contributed by atoms with E-state index in [2.05, 4.69) is 19.9 Å². The fourth-order valence-corrected chi connectivity index (χ4v) is 4.00. The van der Waals surface area contributed by atoms with Gasteiger partial charge in [-0.3, -0.25) is 0 Å². The fourth-order valence-electron chi connectivity index (χ4n) is 1.36. The van der Waals surface area contributed by atoms with Crippen molar-refractivity contribution in [2.45, 2.75) is 38.0 Å². The predicted molar refractivity (Wildman–Crippen MR) is 73.1 cm³/mol. The Labute approximate surface area is 105 Å². The molecule has 0 bridgehead atoms. The number of thiophene rings is 1. The predicted octanol–water partition coefficient (Wildman–Crippen LogP) is 4.32. The van der Waals surface area contributed by atoms with Crippen LogP contribution in [0.25, 0.3) is 0 Å². The van der Waals surface area contributed by atoms with Gasteiger partial charge in [-0.15, -0.1) is 11.3 Å². The minimum absolute atomic E-state index is 0.233. The van der Waals surface area contributed by atoms with E-state index in [0.717, 1.165) is 16.5 Å². The number of halogens is 1. The van der Waals surface area contributed by atoms with E-state index in [1.807, 2.05) is 17.8 Å². The van der Waals surface area contributed by atoms with Crippen molar-refractivity contribution in [1.29, 1.82) is 0 Å². The van der Waals surface area contributed by atoms with Gasteiger partial charge in [0.05, 0.1) is 9.59 Å². The minimum atomic E-state index is 0.233. The summed E-state index contributed by atoms with van der Waals surface area (Å²) in [4.78, 5) is 1.31. The first-order chi connectivity index (χ1) is 7.19. The third-order valence-corrected chi connectivity index (χ3v) is 5.31. The molecule has 15 heavy (non-hydrogen) atoms. The second-order valence-electron chi connectivity index (χ2n) is 3.51. The third kappa shape index (κ3) is 3.99. The Kier molecular flexibility index (Phi) is 6.05. The third-order valence-electron chi connectivity index (χ3n) is 2.24. The lowest BCUT2D eigenvalue weighted by atomic mass is 10.1. The van der Waals surface area contributed by atoms with Crippen LogP contribution in [0.15, 0.2) is 12.1 Å². The SMILES string of the molecule is CCCSC(c1ccc(Cl)s1)C(N)CC. The highest BCUT2D eigenvalue weighted by atomic mass is 35.5. The molecule has 0 aromatic carbocycles. The molecule has 1 aromatic rings. The zero-order valence-corrected chi connectivity index (χ0v) is 11.6. The molecule has 1 nitrogen and oxygen atoms in total. The molecular formula is C11H18ClNS2. The molecule has 0 fully saturated rings. The summed E-state index contributed by atoms with van der Waals surface area (Å²) in [6, 6.07) is 4.30. The van der Waals surface area contributed by atoms with Crippen molar-refractivity contribution in [2.75, 3.05) is 5.75 Å². The zero-order chi connectivity index (χ0) is 11.3. The number of hydrogen-bond donors (Lipinski definition) is 1. The van der Waals surface area contributed by atoms with Gasteiger partial charge >= 0.3 is 0 Å². The Morgan fingerprint density at radius 3 is 2.67 bits per heavy atom. The molecule has 86 valence electrons. The molecule has 0 aliphatic carbocycles. The van der Waals surface area contributed by atoms with Gasteiger partial charge in [-0.05, 0) is 30.7 Å². The number of hydrogen-bond acceptors (Lipinski definition) is 3. The Morgan fingerprint density at radius 1 is 1.47 bits per heavy atom. The molecule has 1 heterocycles. The standard InChI is InChI=1S/C11H18ClNS2/c1-3-7-14-11(8(13)4-2)9-5-6-10(12)15-9/h5-6,8,11H,3-4,7,13H2,1-2H3. The van der Waals surface area contributed by atoms with Gasteiger partial charge in [0.1, 0.15) is 0 Å². The largest absolute Gasteiger partial charge is 0.326 e. The highest BCUT2D eigenvalue weighted by Crippen LogP contribution is 2.38. The number of thioether (sulfide) groups is 1. The average Bonchev–Trinajstić information content (AvgIpc) is 2.65. The molecule has 0 amide bonds. The maximum atomic E-state index is 6.14. The lowest BCUT2D eigenvalue weighted by Gasteiger charge is -2.21. The van der Waals surface area contributed by atoms with Crippen molar-refractivity contribution < 1.29 is 0 Å². The summed E-state index contributed by atoms with van der Waals surface area (Å²) < 4.78 is 0.857. The molecule has 2 unspecified atom stereocenters. The first-order valence-corrected chi connectivity index (χ1v) is 7.55. The van der Waals surface area contributed by atoms with Crippen LogP contribution in [0.5, 0.6) is 0 Å². The molecule has 1 aromatic heterocycles. The van der Waals surface area contributed by atoms with Crippen LogP contribution in [0.3, 0.4) is 0 Å². The van der Waals surface area contributed by atoms with Gasteiger partial charge in [-0.2, -0.15) is 11.8 Å². The summed E-state index contributed by atoms with van der Waals surface area (Å²) in [5.41, 5.74) is 6.14. The monoisotopic (exact) mass is 263 g/mol. The first kappa shape index (κ1) is 13.4. The van der Waals surface area contributed by atoms with Crippen LogP contribution in [-0.2, 0) is 0 Å². The summed E-state index contributed by atoms with van der Waals surface area (Å²) in [6.07, 6.45) is 2.20. The summed E-state index contributed by atoms with van der Waals surface area (Å²) in [5, 5.41) is 0.410. The van der Waals surface area contributed by atoms with Crippen LogP contribution in [0.4, 0.5) is 0 Å². The van der Waals surface area contributed by atoms with Crippen LogP contribution in [-0.4, -0.2) is 11.8 Å². The normalized spacial score (nSPS) is 15.2. The van der Waals surface area contributed by atoms with Gasteiger partial charge in [-0.25, -0.2) is 0 Å². The van der Waals surface area contributed by atoms with Crippen LogP contribution in [0, 0.1) is 0 Å². The van der Waals surface area contributed by atoms with Gasteiger partial charge in [-0.1, -0.05) is 25.4 Å². The lowest BCUT2D eigenvalue weighted by molar-refractivity contribution is 0.639. The van der Waals surface area contributed by atoms with Gasteiger partial charge in [0.2, 0.25) is 0 Å². The van der Waals surface area contributed by atoms with E-state index in [4.69, 9.17) is 17.3 Å². The van der Waals surface area contributed by atoms with Crippen molar-refractivity contribution in [1.82, 2.24) is 0 Å². The van der Waals surface area contributed by atoms with Crippen LogP contribution in [0.2, 0.25) is 4.34 Å². The van der Waals surface area contributed by atoms with Crippen LogP contribution < -0.4 is 5.73 Å². The van der Waals surface area contributed by atoms with E-state index in [1.165, 1.54) is 11.3 Å². The second kappa shape index (κ2) is 6.79. The van der Waals surface area contributed by atoms with E-state index < -0.39 is 0 Å². The van der Waals surface area contributed by atoms with Crippen molar-refractivity contribution in [3.8, 4) is 0 Å². The molecule has 0 aliphatic rings. The quantitative estimate of drug-likeness (QED) is 0.827. The van der Waals surface area contributed by atoms with E-state index >= 15 is 0 Å². The topological polar surface area (TPSA) is 26.0 Å². The first-order valence-electron chi connectivity index (χ1n) is 5.31. The summed E-state index contributed by atoms with van der Waals surface area (Å²) in [5.74, 6) is 1.16. The Hall–Kier alpha value is 0.300. The lowest BCUT2D eigenvalue weighted by Crippen LogP contribution is -2.25. The molecule has 0 spiro atoms. The maximum absolute atomic E-state index is 6.14. The van der Waals surface area contributed by atoms with Crippen LogP contribution >= 0.6 is 34.7 Å². The van der Waals surface area contributed by atoms with Gasteiger partial charge in [0, 0.05) is 10.9 Å². The number of rotatable bonds is 6. The molecule has 0 saturated carbocycles. The molecular weight excluding hydrogens is 246 g/mol. The molecule has 2 N–H and O–H groups in total.